The van der Waals surface area contributed by atoms with Crippen molar-refractivity contribution in [3.8, 4) is 0 Å². The summed E-state index contributed by atoms with van der Waals surface area (Å²) >= 11 is 0. The smallest absolute Gasteiger partial charge is 0.292 e. The van der Waals surface area contributed by atoms with Gasteiger partial charge in [0.25, 0.3) is 5.70 Å². The van der Waals surface area contributed by atoms with Crippen molar-refractivity contribution in [1.82, 2.24) is 9.97 Å². The summed E-state index contributed by atoms with van der Waals surface area (Å²) in [5.41, 5.74) is 1.11. The van der Waals surface area contributed by atoms with E-state index in [0.29, 0.717) is 11.0 Å². The van der Waals surface area contributed by atoms with E-state index in [4.69, 9.17) is 0 Å². The standard InChI is InChI=1S/C12H7N3O3/c16-10-6-5-9(15(17)18)11-12(10)14-8-4-2-1-3-7(8)13-11/h1-5H,6H2. The predicted octanol–water partition coefficient (Wildman–Crippen LogP) is 1.83. The van der Waals surface area contributed by atoms with Crippen LogP contribution in [-0.2, 0) is 0 Å². The zero-order chi connectivity index (χ0) is 12.7. The van der Waals surface area contributed by atoms with Crippen LogP contribution in [0.2, 0.25) is 0 Å². The average molecular weight is 241 g/mol. The molecule has 0 bridgehead atoms. The van der Waals surface area contributed by atoms with E-state index in [0.717, 1.165) is 0 Å². The number of hydrogen-bond acceptors (Lipinski definition) is 5. The third kappa shape index (κ3) is 1.46. The Kier molecular flexibility index (Phi) is 2.16. The van der Waals surface area contributed by atoms with Crippen LogP contribution in [0, 0.1) is 10.1 Å². The molecular formula is C12H7N3O3. The number of aromatic nitrogens is 2. The van der Waals surface area contributed by atoms with Crippen LogP contribution in [0.15, 0.2) is 30.3 Å². The molecule has 1 aromatic carbocycles. The number of ketones is 1. The molecule has 0 saturated heterocycles. The highest BCUT2D eigenvalue weighted by atomic mass is 16.6. The van der Waals surface area contributed by atoms with Gasteiger partial charge in [0.05, 0.1) is 16.0 Å². The lowest BCUT2D eigenvalue weighted by Gasteiger charge is -2.10. The summed E-state index contributed by atoms with van der Waals surface area (Å²) in [6, 6.07) is 6.98. The average Bonchev–Trinajstić information content (AvgIpc) is 2.37. The number of fused-ring (bicyclic) bond motifs is 2. The van der Waals surface area contributed by atoms with Crippen molar-refractivity contribution < 1.29 is 9.72 Å². The molecule has 0 amide bonds. The highest BCUT2D eigenvalue weighted by Crippen LogP contribution is 2.25. The Morgan fingerprint density at radius 2 is 1.72 bits per heavy atom. The first-order valence-corrected chi connectivity index (χ1v) is 5.32. The molecule has 0 unspecified atom stereocenters. The van der Waals surface area contributed by atoms with Gasteiger partial charge < -0.3 is 0 Å². The Bertz CT molecular complexity index is 722. The molecule has 0 saturated carbocycles. The van der Waals surface area contributed by atoms with E-state index in [1.807, 2.05) is 0 Å². The van der Waals surface area contributed by atoms with Crippen LogP contribution in [-0.4, -0.2) is 20.7 Å². The number of para-hydroxylation sites is 2. The van der Waals surface area contributed by atoms with E-state index < -0.39 is 4.92 Å². The monoisotopic (exact) mass is 241 g/mol. The van der Waals surface area contributed by atoms with Crippen molar-refractivity contribution >= 4 is 22.5 Å². The summed E-state index contributed by atoms with van der Waals surface area (Å²) in [5, 5.41) is 10.9. The van der Waals surface area contributed by atoms with E-state index in [9.17, 15) is 14.9 Å². The molecule has 6 nitrogen and oxygen atoms in total. The third-order valence-corrected chi connectivity index (χ3v) is 2.75. The van der Waals surface area contributed by atoms with Crippen LogP contribution in [0.5, 0.6) is 0 Å². The Labute approximate surface area is 101 Å². The molecule has 6 heteroatoms. The Morgan fingerprint density at radius 1 is 1.11 bits per heavy atom. The fraction of sp³-hybridized carbons (Fsp3) is 0.0833. The van der Waals surface area contributed by atoms with Crippen molar-refractivity contribution in [1.29, 1.82) is 0 Å². The molecule has 2 aromatic rings. The normalized spacial score (nSPS) is 14.2. The Hall–Kier alpha value is -2.63. The molecular weight excluding hydrogens is 234 g/mol. The van der Waals surface area contributed by atoms with Crippen molar-refractivity contribution in [3.05, 3.63) is 51.8 Å². The number of nitrogens with zero attached hydrogens (tertiary/aromatic N) is 3. The van der Waals surface area contributed by atoms with Crippen molar-refractivity contribution in [2.75, 3.05) is 0 Å². The van der Waals surface area contributed by atoms with Gasteiger partial charge in [0.15, 0.2) is 11.5 Å². The van der Waals surface area contributed by atoms with Gasteiger partial charge in [0, 0.05) is 12.5 Å². The Morgan fingerprint density at radius 3 is 2.33 bits per heavy atom. The van der Waals surface area contributed by atoms with Crippen molar-refractivity contribution in [2.45, 2.75) is 6.42 Å². The molecule has 1 aromatic heterocycles. The number of carbonyl (C=O) groups excluding carboxylic acids is 1. The molecule has 0 spiro atoms. The first-order chi connectivity index (χ1) is 8.66. The minimum atomic E-state index is -0.533. The number of nitro groups is 1. The molecule has 0 N–H and O–H groups in total. The maximum atomic E-state index is 11.7. The topological polar surface area (TPSA) is 86.0 Å². The van der Waals surface area contributed by atoms with Crippen LogP contribution in [0.4, 0.5) is 0 Å². The van der Waals surface area contributed by atoms with Crippen LogP contribution in [0.25, 0.3) is 16.7 Å². The molecule has 1 aliphatic carbocycles. The second-order valence-corrected chi connectivity index (χ2v) is 3.88. The van der Waals surface area contributed by atoms with Crippen molar-refractivity contribution in [3.63, 3.8) is 0 Å². The quantitative estimate of drug-likeness (QED) is 0.561. The first-order valence-electron chi connectivity index (χ1n) is 5.32. The van der Waals surface area contributed by atoms with Gasteiger partial charge in [-0.1, -0.05) is 12.1 Å². The molecule has 0 fully saturated rings. The van der Waals surface area contributed by atoms with Crippen LogP contribution in [0.3, 0.4) is 0 Å². The number of Topliss-reactive ketones (excluding diaryl/α,β-unsaturated/α-hetero) is 1. The van der Waals surface area contributed by atoms with E-state index in [2.05, 4.69) is 9.97 Å². The van der Waals surface area contributed by atoms with Gasteiger partial charge in [-0.25, -0.2) is 9.97 Å². The second-order valence-electron chi connectivity index (χ2n) is 3.88. The number of allylic oxidation sites excluding steroid dienone is 1. The molecule has 18 heavy (non-hydrogen) atoms. The van der Waals surface area contributed by atoms with E-state index in [1.54, 1.807) is 24.3 Å². The van der Waals surface area contributed by atoms with Crippen LogP contribution < -0.4 is 0 Å². The molecule has 0 aliphatic heterocycles. The summed E-state index contributed by atoms with van der Waals surface area (Å²) in [4.78, 5) is 30.5. The first kappa shape index (κ1) is 10.5. The van der Waals surface area contributed by atoms with Crippen LogP contribution >= 0.6 is 0 Å². The Balaban J connectivity index is 2.34. The molecule has 3 rings (SSSR count). The van der Waals surface area contributed by atoms with E-state index in [-0.39, 0.29) is 29.3 Å². The van der Waals surface area contributed by atoms with Crippen molar-refractivity contribution in [2.24, 2.45) is 0 Å². The molecule has 88 valence electrons. The maximum absolute atomic E-state index is 11.7. The number of carbonyl (C=O) groups is 1. The van der Waals surface area contributed by atoms with Gasteiger partial charge in [0.2, 0.25) is 0 Å². The fourth-order valence-electron chi connectivity index (χ4n) is 1.92. The second kappa shape index (κ2) is 3.69. The van der Waals surface area contributed by atoms with Gasteiger partial charge in [-0.3, -0.25) is 14.9 Å². The van der Waals surface area contributed by atoms with Gasteiger partial charge >= 0.3 is 0 Å². The van der Waals surface area contributed by atoms with Gasteiger partial charge in [-0.15, -0.1) is 0 Å². The third-order valence-electron chi connectivity index (χ3n) is 2.75. The van der Waals surface area contributed by atoms with Gasteiger partial charge in [0.1, 0.15) is 5.69 Å². The summed E-state index contributed by atoms with van der Waals surface area (Å²) in [6.45, 7) is 0. The predicted molar refractivity (Wildman–Crippen MR) is 63.5 cm³/mol. The van der Waals surface area contributed by atoms with Gasteiger partial charge in [-0.05, 0) is 12.1 Å². The molecule has 0 radical (unpaired) electrons. The summed E-state index contributed by atoms with van der Waals surface area (Å²) < 4.78 is 0. The highest BCUT2D eigenvalue weighted by Gasteiger charge is 2.29. The zero-order valence-corrected chi connectivity index (χ0v) is 9.16. The minimum Gasteiger partial charge on any atom is -0.292 e. The highest BCUT2D eigenvalue weighted by molar-refractivity contribution is 6.02. The zero-order valence-electron chi connectivity index (χ0n) is 9.16. The van der Waals surface area contributed by atoms with E-state index in [1.165, 1.54) is 6.08 Å². The fourth-order valence-corrected chi connectivity index (χ4v) is 1.92. The lowest BCUT2D eigenvalue weighted by Crippen LogP contribution is -2.16. The largest absolute Gasteiger partial charge is 0.293 e. The number of hydrogen-bond donors (Lipinski definition) is 0. The molecule has 1 aliphatic rings. The number of rotatable bonds is 1. The molecule has 1 heterocycles. The number of benzene rings is 1. The maximum Gasteiger partial charge on any atom is 0.293 e. The lowest BCUT2D eigenvalue weighted by atomic mass is 10.0. The SMILES string of the molecule is O=C1CC=C([N+](=O)[O-])c2nc3ccccc3nc21. The molecule has 0 atom stereocenters. The summed E-state index contributed by atoms with van der Waals surface area (Å²) in [5.74, 6) is -0.242. The van der Waals surface area contributed by atoms with Crippen LogP contribution in [0.1, 0.15) is 22.6 Å². The summed E-state index contributed by atoms with van der Waals surface area (Å²) in [6.07, 6.45) is 1.28. The van der Waals surface area contributed by atoms with Gasteiger partial charge in [-0.2, -0.15) is 0 Å². The summed E-state index contributed by atoms with van der Waals surface area (Å²) in [7, 11) is 0. The van der Waals surface area contributed by atoms with E-state index >= 15 is 0 Å². The lowest BCUT2D eigenvalue weighted by molar-refractivity contribution is -0.376. The minimum absolute atomic E-state index is 0.00364.